The first-order valence-corrected chi connectivity index (χ1v) is 6.88. The SMILES string of the molecule is CN(CCCOc1ccc(N)cc1)c1ccc(C#N)cc1. The molecule has 0 aliphatic carbocycles. The summed E-state index contributed by atoms with van der Waals surface area (Å²) in [6, 6.07) is 17.1. The van der Waals surface area contributed by atoms with Crippen LogP contribution in [0, 0.1) is 11.3 Å². The van der Waals surface area contributed by atoms with E-state index in [4.69, 9.17) is 15.7 Å². The molecule has 4 nitrogen and oxygen atoms in total. The third-order valence-electron chi connectivity index (χ3n) is 3.22. The second-order valence-corrected chi connectivity index (χ2v) is 4.85. The summed E-state index contributed by atoms with van der Waals surface area (Å²) in [5.74, 6) is 0.838. The molecule has 0 unspecified atom stereocenters. The summed E-state index contributed by atoms with van der Waals surface area (Å²) in [5, 5.41) is 8.78. The molecule has 0 bridgehead atoms. The minimum Gasteiger partial charge on any atom is -0.494 e. The molecular formula is C17H19N3O. The Balaban J connectivity index is 1.75. The molecule has 2 rings (SSSR count). The summed E-state index contributed by atoms with van der Waals surface area (Å²) < 4.78 is 5.66. The molecule has 21 heavy (non-hydrogen) atoms. The van der Waals surface area contributed by atoms with Crippen molar-refractivity contribution in [1.29, 1.82) is 5.26 Å². The number of rotatable bonds is 6. The summed E-state index contributed by atoms with van der Waals surface area (Å²) in [6.45, 7) is 1.55. The molecule has 2 aromatic rings. The van der Waals surface area contributed by atoms with Gasteiger partial charge in [0.05, 0.1) is 18.2 Å². The van der Waals surface area contributed by atoms with Gasteiger partial charge in [0.25, 0.3) is 0 Å². The Hall–Kier alpha value is -2.67. The molecule has 0 atom stereocenters. The number of nitrogens with two attached hydrogens (primary N) is 1. The van der Waals surface area contributed by atoms with E-state index in [0.717, 1.165) is 30.1 Å². The lowest BCUT2D eigenvalue weighted by Gasteiger charge is -2.19. The Labute approximate surface area is 125 Å². The summed E-state index contributed by atoms with van der Waals surface area (Å²) >= 11 is 0. The average Bonchev–Trinajstić information content (AvgIpc) is 2.53. The quantitative estimate of drug-likeness (QED) is 0.653. The van der Waals surface area contributed by atoms with Crippen molar-refractivity contribution in [2.45, 2.75) is 6.42 Å². The molecule has 0 fully saturated rings. The number of nitrogen functional groups attached to an aromatic ring is 1. The standard InChI is InChI=1S/C17H19N3O/c1-20(16-7-3-14(13-18)4-8-16)11-2-12-21-17-9-5-15(19)6-10-17/h3-10H,2,11-12,19H2,1H3. The third kappa shape index (κ3) is 4.43. The zero-order chi connectivity index (χ0) is 15.1. The molecule has 0 aliphatic heterocycles. The highest BCUT2D eigenvalue weighted by Crippen LogP contribution is 2.15. The molecule has 2 aromatic carbocycles. The second kappa shape index (κ2) is 7.20. The summed E-state index contributed by atoms with van der Waals surface area (Å²) in [4.78, 5) is 2.15. The van der Waals surface area contributed by atoms with Gasteiger partial charge in [-0.15, -0.1) is 0 Å². The van der Waals surface area contributed by atoms with E-state index in [1.807, 2.05) is 55.6 Å². The van der Waals surface area contributed by atoms with E-state index < -0.39 is 0 Å². The lowest BCUT2D eigenvalue weighted by atomic mass is 10.2. The summed E-state index contributed by atoms with van der Waals surface area (Å²) in [6.07, 6.45) is 0.918. The molecule has 108 valence electrons. The number of ether oxygens (including phenoxy) is 1. The van der Waals surface area contributed by atoms with Crippen LogP contribution in [0.1, 0.15) is 12.0 Å². The number of hydrogen-bond donors (Lipinski definition) is 1. The maximum absolute atomic E-state index is 8.78. The third-order valence-corrected chi connectivity index (χ3v) is 3.22. The van der Waals surface area contributed by atoms with Crippen molar-refractivity contribution in [1.82, 2.24) is 0 Å². The number of anilines is 2. The highest BCUT2D eigenvalue weighted by Gasteiger charge is 2.01. The van der Waals surface area contributed by atoms with Gasteiger partial charge in [0.1, 0.15) is 5.75 Å². The van der Waals surface area contributed by atoms with Crippen molar-refractivity contribution in [3.05, 3.63) is 54.1 Å². The van der Waals surface area contributed by atoms with Gasteiger partial charge >= 0.3 is 0 Å². The van der Waals surface area contributed by atoms with E-state index in [0.29, 0.717) is 12.2 Å². The van der Waals surface area contributed by atoms with Crippen LogP contribution >= 0.6 is 0 Å². The Morgan fingerprint density at radius 1 is 1.10 bits per heavy atom. The molecule has 0 heterocycles. The topological polar surface area (TPSA) is 62.3 Å². The van der Waals surface area contributed by atoms with Crippen molar-refractivity contribution in [3.8, 4) is 11.8 Å². The molecule has 0 amide bonds. The smallest absolute Gasteiger partial charge is 0.119 e. The zero-order valence-electron chi connectivity index (χ0n) is 12.1. The number of hydrogen-bond acceptors (Lipinski definition) is 4. The molecule has 2 N–H and O–H groups in total. The van der Waals surface area contributed by atoms with Gasteiger partial charge in [0.15, 0.2) is 0 Å². The molecule has 0 saturated heterocycles. The molecule has 0 spiro atoms. The fourth-order valence-electron chi connectivity index (χ4n) is 1.98. The van der Waals surface area contributed by atoms with Crippen molar-refractivity contribution in [2.75, 3.05) is 30.8 Å². The molecular weight excluding hydrogens is 262 g/mol. The van der Waals surface area contributed by atoms with Crippen LogP contribution in [0.25, 0.3) is 0 Å². The summed E-state index contributed by atoms with van der Waals surface area (Å²) in [5.41, 5.74) is 8.14. The van der Waals surface area contributed by atoms with Crippen molar-refractivity contribution < 1.29 is 4.74 Å². The Bertz CT molecular complexity index is 599. The number of nitrogens with zero attached hydrogens (tertiary/aromatic N) is 2. The lowest BCUT2D eigenvalue weighted by molar-refractivity contribution is 0.312. The van der Waals surface area contributed by atoms with Crippen LogP contribution in [0.5, 0.6) is 5.75 Å². The molecule has 0 saturated carbocycles. The Morgan fingerprint density at radius 2 is 1.76 bits per heavy atom. The zero-order valence-corrected chi connectivity index (χ0v) is 12.1. The van der Waals surface area contributed by atoms with E-state index in [1.54, 1.807) is 0 Å². The maximum atomic E-state index is 8.78. The van der Waals surface area contributed by atoms with Gasteiger partial charge in [-0.1, -0.05) is 0 Å². The maximum Gasteiger partial charge on any atom is 0.119 e. The van der Waals surface area contributed by atoms with Gasteiger partial charge in [-0.3, -0.25) is 0 Å². The monoisotopic (exact) mass is 281 g/mol. The first kappa shape index (κ1) is 14.7. The molecule has 0 aliphatic rings. The Morgan fingerprint density at radius 3 is 2.38 bits per heavy atom. The minimum atomic E-state index is 0.657. The van der Waals surface area contributed by atoms with Gasteiger partial charge < -0.3 is 15.4 Å². The average molecular weight is 281 g/mol. The van der Waals surface area contributed by atoms with Crippen LogP contribution in [-0.2, 0) is 0 Å². The van der Waals surface area contributed by atoms with E-state index in [9.17, 15) is 0 Å². The van der Waals surface area contributed by atoms with Crippen molar-refractivity contribution in [2.24, 2.45) is 0 Å². The van der Waals surface area contributed by atoms with Crippen LogP contribution in [-0.4, -0.2) is 20.2 Å². The van der Waals surface area contributed by atoms with Gasteiger partial charge in [-0.25, -0.2) is 0 Å². The number of benzene rings is 2. The predicted molar refractivity (Wildman–Crippen MR) is 85.4 cm³/mol. The normalized spacial score (nSPS) is 9.90. The van der Waals surface area contributed by atoms with Gasteiger partial charge in [0.2, 0.25) is 0 Å². The van der Waals surface area contributed by atoms with E-state index in [2.05, 4.69) is 11.0 Å². The first-order valence-electron chi connectivity index (χ1n) is 6.88. The van der Waals surface area contributed by atoms with Gasteiger partial charge in [-0.2, -0.15) is 5.26 Å². The highest BCUT2D eigenvalue weighted by atomic mass is 16.5. The molecule has 0 radical (unpaired) electrons. The first-order chi connectivity index (χ1) is 10.2. The largest absolute Gasteiger partial charge is 0.494 e. The van der Waals surface area contributed by atoms with Crippen molar-refractivity contribution >= 4 is 11.4 Å². The fourth-order valence-corrected chi connectivity index (χ4v) is 1.98. The van der Waals surface area contributed by atoms with Crippen LogP contribution in [0.3, 0.4) is 0 Å². The minimum absolute atomic E-state index is 0.657. The van der Waals surface area contributed by atoms with E-state index in [1.165, 1.54) is 0 Å². The summed E-state index contributed by atoms with van der Waals surface area (Å²) in [7, 11) is 2.03. The van der Waals surface area contributed by atoms with Gasteiger partial charge in [0, 0.05) is 25.0 Å². The van der Waals surface area contributed by atoms with Crippen LogP contribution < -0.4 is 15.4 Å². The van der Waals surface area contributed by atoms with E-state index >= 15 is 0 Å². The molecule has 4 heteroatoms. The van der Waals surface area contributed by atoms with Crippen LogP contribution in [0.15, 0.2) is 48.5 Å². The fraction of sp³-hybridized carbons (Fsp3) is 0.235. The van der Waals surface area contributed by atoms with E-state index in [-0.39, 0.29) is 0 Å². The lowest BCUT2D eigenvalue weighted by Crippen LogP contribution is -2.20. The second-order valence-electron chi connectivity index (χ2n) is 4.85. The van der Waals surface area contributed by atoms with Gasteiger partial charge in [-0.05, 0) is 55.0 Å². The van der Waals surface area contributed by atoms with Crippen molar-refractivity contribution in [3.63, 3.8) is 0 Å². The van der Waals surface area contributed by atoms with Crippen LogP contribution in [0.4, 0.5) is 11.4 Å². The Kier molecular flexibility index (Phi) is 5.05. The van der Waals surface area contributed by atoms with Crippen LogP contribution in [0.2, 0.25) is 0 Å². The highest BCUT2D eigenvalue weighted by molar-refractivity contribution is 5.49. The predicted octanol–water partition coefficient (Wildman–Crippen LogP) is 3.05. The number of nitriles is 1. The molecule has 0 aromatic heterocycles.